The molecular weight excluding hydrogens is 294 g/mol. The molecule has 6 heteroatoms. The molecule has 0 aliphatic carbocycles. The van der Waals surface area contributed by atoms with Crippen LogP contribution in [0.3, 0.4) is 0 Å². The van der Waals surface area contributed by atoms with Gasteiger partial charge in [-0.15, -0.1) is 0 Å². The molecule has 0 aliphatic rings. The lowest BCUT2D eigenvalue weighted by molar-refractivity contribution is -0.142. The molecule has 1 aromatic carbocycles. The molecule has 0 atom stereocenters. The highest BCUT2D eigenvalue weighted by Gasteiger charge is 2.05. The first kappa shape index (κ1) is 16.7. The van der Waals surface area contributed by atoms with Gasteiger partial charge in [0.2, 0.25) is 5.91 Å². The number of nitrogens with one attached hydrogen (secondary N) is 2. The maximum absolute atomic E-state index is 11.8. The predicted molar refractivity (Wildman–Crippen MR) is 85.5 cm³/mol. The monoisotopic (exact) mass is 315 g/mol. The number of nitrogens with zero attached hydrogens (tertiary/aromatic N) is 1. The Labute approximate surface area is 135 Å². The molecule has 2 aromatic rings. The van der Waals surface area contributed by atoms with E-state index in [0.717, 1.165) is 17.0 Å². The van der Waals surface area contributed by atoms with Crippen LogP contribution in [0.25, 0.3) is 0 Å². The van der Waals surface area contributed by atoms with Crippen LogP contribution in [0.2, 0.25) is 0 Å². The van der Waals surface area contributed by atoms with Crippen molar-refractivity contribution in [2.24, 2.45) is 0 Å². The van der Waals surface area contributed by atoms with Crippen LogP contribution in [0.1, 0.15) is 30.3 Å². The van der Waals surface area contributed by atoms with Crippen LogP contribution < -0.4 is 5.32 Å². The third-order valence-corrected chi connectivity index (χ3v) is 3.31. The number of amides is 1. The highest BCUT2D eigenvalue weighted by atomic mass is 16.5. The molecule has 0 aliphatic heterocycles. The number of benzene rings is 1. The molecule has 0 radical (unpaired) electrons. The van der Waals surface area contributed by atoms with Crippen molar-refractivity contribution in [3.63, 3.8) is 0 Å². The molecule has 0 unspecified atom stereocenters. The molecule has 0 fully saturated rings. The van der Waals surface area contributed by atoms with Gasteiger partial charge in [0, 0.05) is 31.8 Å². The van der Waals surface area contributed by atoms with Crippen molar-refractivity contribution in [1.29, 1.82) is 0 Å². The van der Waals surface area contributed by atoms with Crippen LogP contribution in [0, 0.1) is 0 Å². The molecule has 2 rings (SSSR count). The SMILES string of the molecule is CCOC(=O)Cc1ccc(CNC(=O)CCc2ncc[nH]2)cc1. The van der Waals surface area contributed by atoms with E-state index in [2.05, 4.69) is 15.3 Å². The average Bonchev–Trinajstić information content (AvgIpc) is 3.06. The van der Waals surface area contributed by atoms with Crippen LogP contribution >= 0.6 is 0 Å². The zero-order valence-electron chi connectivity index (χ0n) is 13.2. The number of ether oxygens (including phenoxy) is 1. The molecular formula is C17H21N3O3. The van der Waals surface area contributed by atoms with Crippen LogP contribution in [0.15, 0.2) is 36.7 Å². The van der Waals surface area contributed by atoms with E-state index >= 15 is 0 Å². The first-order valence-corrected chi connectivity index (χ1v) is 7.65. The molecule has 0 saturated carbocycles. The van der Waals surface area contributed by atoms with E-state index in [1.165, 1.54) is 0 Å². The van der Waals surface area contributed by atoms with Gasteiger partial charge in [-0.25, -0.2) is 4.98 Å². The molecule has 1 heterocycles. The second-order valence-corrected chi connectivity index (χ2v) is 5.11. The van der Waals surface area contributed by atoms with Crippen LogP contribution in [-0.2, 0) is 33.7 Å². The summed E-state index contributed by atoms with van der Waals surface area (Å²) in [6.45, 7) is 2.65. The van der Waals surface area contributed by atoms with E-state index in [4.69, 9.17) is 4.74 Å². The van der Waals surface area contributed by atoms with Crippen molar-refractivity contribution in [2.75, 3.05) is 6.61 Å². The normalized spacial score (nSPS) is 10.3. The third-order valence-electron chi connectivity index (χ3n) is 3.31. The van der Waals surface area contributed by atoms with Crippen molar-refractivity contribution < 1.29 is 14.3 Å². The van der Waals surface area contributed by atoms with Crippen LogP contribution in [-0.4, -0.2) is 28.5 Å². The number of rotatable bonds is 8. The second-order valence-electron chi connectivity index (χ2n) is 5.11. The second kappa shape index (κ2) is 8.73. The van der Waals surface area contributed by atoms with E-state index in [1.54, 1.807) is 19.3 Å². The van der Waals surface area contributed by atoms with Crippen molar-refractivity contribution in [3.8, 4) is 0 Å². The molecule has 2 N–H and O–H groups in total. The highest BCUT2D eigenvalue weighted by molar-refractivity contribution is 5.76. The van der Waals surface area contributed by atoms with E-state index in [0.29, 0.717) is 26.0 Å². The van der Waals surface area contributed by atoms with Gasteiger partial charge in [0.15, 0.2) is 0 Å². The zero-order chi connectivity index (χ0) is 16.5. The molecule has 122 valence electrons. The fourth-order valence-electron chi connectivity index (χ4n) is 2.11. The van der Waals surface area contributed by atoms with Gasteiger partial charge in [-0.05, 0) is 18.1 Å². The maximum Gasteiger partial charge on any atom is 0.310 e. The van der Waals surface area contributed by atoms with Gasteiger partial charge in [-0.2, -0.15) is 0 Å². The number of H-pyrrole nitrogens is 1. The van der Waals surface area contributed by atoms with E-state index in [-0.39, 0.29) is 18.3 Å². The van der Waals surface area contributed by atoms with Crippen molar-refractivity contribution in [2.45, 2.75) is 32.7 Å². The summed E-state index contributed by atoms with van der Waals surface area (Å²) in [4.78, 5) is 30.2. The minimum absolute atomic E-state index is 0.0167. The van der Waals surface area contributed by atoms with Gasteiger partial charge in [0.25, 0.3) is 0 Å². The summed E-state index contributed by atoms with van der Waals surface area (Å²) in [6, 6.07) is 7.56. The third kappa shape index (κ3) is 5.94. The summed E-state index contributed by atoms with van der Waals surface area (Å²) in [6.07, 6.45) is 4.67. The number of aryl methyl sites for hydroxylation is 1. The Morgan fingerprint density at radius 2 is 1.96 bits per heavy atom. The Morgan fingerprint density at radius 1 is 1.22 bits per heavy atom. The molecule has 1 amide bonds. The summed E-state index contributed by atoms with van der Waals surface area (Å²) >= 11 is 0. The van der Waals surface area contributed by atoms with Gasteiger partial charge >= 0.3 is 5.97 Å². The number of carbonyl (C=O) groups is 2. The minimum Gasteiger partial charge on any atom is -0.466 e. The molecule has 6 nitrogen and oxygen atoms in total. The van der Waals surface area contributed by atoms with Crippen molar-refractivity contribution >= 4 is 11.9 Å². The Morgan fingerprint density at radius 3 is 2.61 bits per heavy atom. The highest BCUT2D eigenvalue weighted by Crippen LogP contribution is 2.06. The summed E-state index contributed by atoms with van der Waals surface area (Å²) in [5.41, 5.74) is 1.89. The molecule has 0 bridgehead atoms. The van der Waals surface area contributed by atoms with Gasteiger partial charge in [0.1, 0.15) is 5.82 Å². The Balaban J connectivity index is 1.72. The number of carbonyl (C=O) groups excluding carboxylic acids is 2. The molecule has 23 heavy (non-hydrogen) atoms. The van der Waals surface area contributed by atoms with Crippen molar-refractivity contribution in [3.05, 3.63) is 53.6 Å². The predicted octanol–water partition coefficient (Wildman–Crippen LogP) is 1.76. The van der Waals surface area contributed by atoms with Gasteiger partial charge in [-0.3, -0.25) is 9.59 Å². The fourth-order valence-corrected chi connectivity index (χ4v) is 2.11. The fraction of sp³-hybridized carbons (Fsp3) is 0.353. The number of hydrogen-bond acceptors (Lipinski definition) is 4. The first-order valence-electron chi connectivity index (χ1n) is 7.65. The van der Waals surface area contributed by atoms with Gasteiger partial charge < -0.3 is 15.0 Å². The van der Waals surface area contributed by atoms with Crippen LogP contribution in [0.4, 0.5) is 0 Å². The Bertz CT molecular complexity index is 621. The summed E-state index contributed by atoms with van der Waals surface area (Å²) < 4.78 is 4.91. The average molecular weight is 315 g/mol. The molecule has 0 saturated heterocycles. The molecule has 1 aromatic heterocycles. The molecule has 0 spiro atoms. The summed E-state index contributed by atoms with van der Waals surface area (Å²) in [7, 11) is 0. The number of aromatic nitrogens is 2. The topological polar surface area (TPSA) is 84.1 Å². The maximum atomic E-state index is 11.8. The summed E-state index contributed by atoms with van der Waals surface area (Å²) in [5.74, 6) is 0.562. The Kier molecular flexibility index (Phi) is 6.35. The zero-order valence-corrected chi connectivity index (χ0v) is 13.2. The van der Waals surface area contributed by atoms with Crippen molar-refractivity contribution in [1.82, 2.24) is 15.3 Å². The number of imidazole rings is 1. The Hall–Kier alpha value is -2.63. The summed E-state index contributed by atoms with van der Waals surface area (Å²) in [5, 5.41) is 2.87. The van der Waals surface area contributed by atoms with E-state index in [9.17, 15) is 9.59 Å². The first-order chi connectivity index (χ1) is 11.2. The number of esters is 1. The van der Waals surface area contributed by atoms with Crippen LogP contribution in [0.5, 0.6) is 0 Å². The minimum atomic E-state index is -0.230. The largest absolute Gasteiger partial charge is 0.466 e. The lowest BCUT2D eigenvalue weighted by Crippen LogP contribution is -2.23. The lowest BCUT2D eigenvalue weighted by atomic mass is 10.1. The van der Waals surface area contributed by atoms with Gasteiger partial charge in [0.05, 0.1) is 13.0 Å². The number of hydrogen-bond donors (Lipinski definition) is 2. The van der Waals surface area contributed by atoms with E-state index in [1.807, 2.05) is 24.3 Å². The number of aromatic amines is 1. The van der Waals surface area contributed by atoms with E-state index < -0.39 is 0 Å². The smallest absolute Gasteiger partial charge is 0.310 e. The van der Waals surface area contributed by atoms with Gasteiger partial charge in [-0.1, -0.05) is 24.3 Å². The standard InChI is InChI=1S/C17H21N3O3/c1-2-23-17(22)11-13-3-5-14(6-4-13)12-20-16(21)8-7-15-18-9-10-19-15/h3-6,9-10H,2,7-8,11-12H2,1H3,(H,18,19)(H,20,21). The lowest BCUT2D eigenvalue weighted by Gasteiger charge is -2.06. The quantitative estimate of drug-likeness (QED) is 0.727.